The van der Waals surface area contributed by atoms with Crippen LogP contribution >= 0.6 is 0 Å². The fraction of sp³-hybridized carbons (Fsp3) is 0.800. The number of halogens is 3. The van der Waals surface area contributed by atoms with Crippen LogP contribution in [0.2, 0.25) is 0 Å². The summed E-state index contributed by atoms with van der Waals surface area (Å²) in [5.41, 5.74) is 4.14. The smallest absolute Gasteiger partial charge is 0.379 e. The number of alkyl halides is 3. The lowest BCUT2D eigenvalue weighted by Crippen LogP contribution is -2.42. The molecule has 5 nitrogen and oxygen atoms in total. The summed E-state index contributed by atoms with van der Waals surface area (Å²) in [6, 6.07) is 0. The Kier molecular flexibility index (Phi) is 3.73. The first kappa shape index (κ1) is 14.9. The van der Waals surface area contributed by atoms with Gasteiger partial charge in [-0.15, -0.1) is 0 Å². The summed E-state index contributed by atoms with van der Waals surface area (Å²) in [7, 11) is 1.49. The molecule has 0 bridgehead atoms. The first-order valence-corrected chi connectivity index (χ1v) is 5.23. The van der Waals surface area contributed by atoms with E-state index >= 15 is 0 Å². The minimum absolute atomic E-state index is 0.194. The maximum Gasteiger partial charge on any atom is 0.471 e. The van der Waals surface area contributed by atoms with Gasteiger partial charge in [0.25, 0.3) is 0 Å². The largest absolute Gasteiger partial charge is 0.471 e. The molecule has 8 heteroatoms. The monoisotopic (exact) mass is 267 g/mol. The van der Waals surface area contributed by atoms with E-state index in [0.29, 0.717) is 0 Å². The Labute approximate surface area is 102 Å². The van der Waals surface area contributed by atoms with Crippen LogP contribution in [0.15, 0.2) is 4.52 Å². The van der Waals surface area contributed by atoms with Crippen molar-refractivity contribution in [1.82, 2.24) is 10.1 Å². The average Bonchev–Trinajstić information content (AvgIpc) is 2.64. The number of hydrogen-bond donors (Lipinski definition) is 1. The fourth-order valence-electron chi connectivity index (χ4n) is 1.61. The Bertz CT molecular complexity index is 413. The number of nitrogens with zero attached hydrogens (tertiary/aromatic N) is 2. The number of nitrogens with two attached hydrogens (primary N) is 1. The molecular formula is C10H16F3N3O2. The molecule has 0 aliphatic carbocycles. The highest BCUT2D eigenvalue weighted by molar-refractivity contribution is 5.05. The minimum Gasteiger partial charge on any atom is -0.379 e. The van der Waals surface area contributed by atoms with Crippen LogP contribution < -0.4 is 5.73 Å². The average molecular weight is 267 g/mol. The molecular weight excluding hydrogens is 251 g/mol. The van der Waals surface area contributed by atoms with E-state index in [2.05, 4.69) is 14.7 Å². The second-order valence-electron chi connectivity index (χ2n) is 4.98. The van der Waals surface area contributed by atoms with Crippen LogP contribution in [-0.2, 0) is 16.5 Å². The number of hydrogen-bond acceptors (Lipinski definition) is 5. The maximum atomic E-state index is 12.3. The highest BCUT2D eigenvalue weighted by atomic mass is 19.4. The molecule has 0 aromatic carbocycles. The van der Waals surface area contributed by atoms with Gasteiger partial charge in [0.05, 0.1) is 11.1 Å². The Morgan fingerprint density at radius 1 is 1.28 bits per heavy atom. The summed E-state index contributed by atoms with van der Waals surface area (Å²) in [5, 5.41) is 3.29. The Morgan fingerprint density at radius 3 is 2.22 bits per heavy atom. The summed E-state index contributed by atoms with van der Waals surface area (Å²) in [6.45, 7) is 5.06. The first-order valence-electron chi connectivity index (χ1n) is 5.23. The van der Waals surface area contributed by atoms with Crippen LogP contribution in [0.25, 0.3) is 0 Å². The number of ether oxygens (including phenoxy) is 1. The van der Waals surface area contributed by atoms with E-state index in [1.807, 2.05) is 0 Å². The maximum absolute atomic E-state index is 12.3. The summed E-state index contributed by atoms with van der Waals surface area (Å²) < 4.78 is 46.3. The summed E-state index contributed by atoms with van der Waals surface area (Å²) >= 11 is 0. The van der Waals surface area contributed by atoms with Gasteiger partial charge in [-0.25, -0.2) is 0 Å². The van der Waals surface area contributed by atoms with E-state index in [-0.39, 0.29) is 12.2 Å². The van der Waals surface area contributed by atoms with Gasteiger partial charge in [-0.3, -0.25) is 0 Å². The number of rotatable bonds is 4. The molecule has 104 valence electrons. The Morgan fingerprint density at radius 2 is 1.83 bits per heavy atom. The van der Waals surface area contributed by atoms with Gasteiger partial charge >= 0.3 is 12.1 Å². The van der Waals surface area contributed by atoms with Gasteiger partial charge in [-0.2, -0.15) is 18.2 Å². The summed E-state index contributed by atoms with van der Waals surface area (Å²) in [5.74, 6) is -1.59. The molecule has 1 rings (SSSR count). The molecule has 1 heterocycles. The molecule has 1 atom stereocenters. The van der Waals surface area contributed by atoms with Crippen molar-refractivity contribution in [3.63, 3.8) is 0 Å². The second kappa shape index (κ2) is 4.51. The van der Waals surface area contributed by atoms with Crippen LogP contribution in [0.1, 0.15) is 38.9 Å². The van der Waals surface area contributed by atoms with Crippen LogP contribution in [0.4, 0.5) is 13.2 Å². The molecule has 0 fully saturated rings. The zero-order valence-corrected chi connectivity index (χ0v) is 10.6. The third-order valence-electron chi connectivity index (χ3n) is 2.52. The van der Waals surface area contributed by atoms with Crippen LogP contribution in [0, 0.1) is 0 Å². The molecule has 1 aromatic rings. The van der Waals surface area contributed by atoms with E-state index in [9.17, 15) is 13.2 Å². The summed E-state index contributed by atoms with van der Waals surface area (Å²) in [6.07, 6.45) is -4.43. The molecule has 18 heavy (non-hydrogen) atoms. The van der Waals surface area contributed by atoms with Crippen molar-refractivity contribution in [2.24, 2.45) is 5.73 Å². The molecule has 0 radical (unpaired) electrons. The highest BCUT2D eigenvalue weighted by Crippen LogP contribution is 2.32. The van der Waals surface area contributed by atoms with E-state index in [0.717, 1.165) is 0 Å². The zero-order valence-electron chi connectivity index (χ0n) is 10.6. The molecule has 0 amide bonds. The molecule has 0 saturated carbocycles. The normalized spacial score (nSPS) is 16.7. The standard InChI is InChI=1S/C10H16F3N3O2/c1-8(2,17-4)5-9(3,14)6-15-7(18-16-6)10(11,12)13/h5,14H2,1-4H3. The Balaban J connectivity index is 2.96. The van der Waals surface area contributed by atoms with Gasteiger partial charge in [0.2, 0.25) is 0 Å². The van der Waals surface area contributed by atoms with Crippen LogP contribution in [0.5, 0.6) is 0 Å². The molecule has 1 aromatic heterocycles. The van der Waals surface area contributed by atoms with Gasteiger partial charge in [0, 0.05) is 13.5 Å². The van der Waals surface area contributed by atoms with Crippen molar-refractivity contribution in [1.29, 1.82) is 0 Å². The van der Waals surface area contributed by atoms with E-state index < -0.39 is 23.2 Å². The van der Waals surface area contributed by atoms with E-state index in [1.165, 1.54) is 14.0 Å². The van der Waals surface area contributed by atoms with Crippen molar-refractivity contribution in [2.45, 2.75) is 44.5 Å². The van der Waals surface area contributed by atoms with Crippen molar-refractivity contribution >= 4 is 0 Å². The van der Waals surface area contributed by atoms with Gasteiger partial charge in [-0.1, -0.05) is 5.16 Å². The first-order chi connectivity index (χ1) is 7.98. The third kappa shape index (κ3) is 3.42. The molecule has 0 aliphatic rings. The Hall–Kier alpha value is -1.15. The third-order valence-corrected chi connectivity index (χ3v) is 2.52. The van der Waals surface area contributed by atoms with Crippen molar-refractivity contribution in [3.8, 4) is 0 Å². The van der Waals surface area contributed by atoms with E-state index in [4.69, 9.17) is 10.5 Å². The minimum atomic E-state index is -4.67. The lowest BCUT2D eigenvalue weighted by atomic mass is 9.88. The van der Waals surface area contributed by atoms with Gasteiger partial charge in [0.1, 0.15) is 0 Å². The van der Waals surface area contributed by atoms with Gasteiger partial charge in [-0.05, 0) is 20.8 Å². The molecule has 0 saturated heterocycles. The predicted octanol–water partition coefficient (Wildman–Crippen LogP) is 2.08. The second-order valence-corrected chi connectivity index (χ2v) is 4.98. The van der Waals surface area contributed by atoms with E-state index in [1.54, 1.807) is 13.8 Å². The van der Waals surface area contributed by atoms with Gasteiger partial charge in [0.15, 0.2) is 5.82 Å². The molecule has 2 N–H and O–H groups in total. The van der Waals surface area contributed by atoms with Crippen molar-refractivity contribution < 1.29 is 22.4 Å². The van der Waals surface area contributed by atoms with Crippen LogP contribution in [0.3, 0.4) is 0 Å². The molecule has 0 spiro atoms. The number of methoxy groups -OCH3 is 1. The lowest BCUT2D eigenvalue weighted by Gasteiger charge is -2.31. The van der Waals surface area contributed by atoms with Crippen molar-refractivity contribution in [3.05, 3.63) is 11.7 Å². The fourth-order valence-corrected chi connectivity index (χ4v) is 1.61. The zero-order chi connectivity index (χ0) is 14.2. The molecule has 0 aliphatic heterocycles. The highest BCUT2D eigenvalue weighted by Gasteiger charge is 2.41. The van der Waals surface area contributed by atoms with Crippen molar-refractivity contribution in [2.75, 3.05) is 7.11 Å². The van der Waals surface area contributed by atoms with Crippen LogP contribution in [-0.4, -0.2) is 22.9 Å². The SMILES string of the molecule is COC(C)(C)CC(C)(N)c1noc(C(F)(F)F)n1. The van der Waals surface area contributed by atoms with Gasteiger partial charge < -0.3 is 15.0 Å². The topological polar surface area (TPSA) is 74.2 Å². The molecule has 1 unspecified atom stereocenters. The predicted molar refractivity (Wildman–Crippen MR) is 56.5 cm³/mol. The quantitative estimate of drug-likeness (QED) is 0.904. The summed E-state index contributed by atoms with van der Waals surface area (Å²) in [4.78, 5) is 3.29. The number of aromatic nitrogens is 2. The lowest BCUT2D eigenvalue weighted by molar-refractivity contribution is -0.159.